The summed E-state index contributed by atoms with van der Waals surface area (Å²) in [6.45, 7) is 8.95. The zero-order chi connectivity index (χ0) is 13.3. The van der Waals surface area contributed by atoms with Crippen molar-refractivity contribution in [1.82, 2.24) is 14.9 Å². The lowest BCUT2D eigenvalue weighted by Crippen LogP contribution is -2.42. The molecule has 1 fully saturated rings. The van der Waals surface area contributed by atoms with E-state index in [9.17, 15) is 0 Å². The fraction of sp³-hybridized carbons (Fsp3) is 0.667. The number of aromatic amines is 1. The second kappa shape index (κ2) is 5.77. The predicted octanol–water partition coefficient (Wildman–Crippen LogP) is 2.99. The number of morpholine rings is 1. The van der Waals surface area contributed by atoms with Gasteiger partial charge in [0.05, 0.1) is 11.1 Å². The van der Waals surface area contributed by atoms with Crippen molar-refractivity contribution in [2.45, 2.75) is 32.9 Å². The molecule has 0 saturated carbocycles. The number of H-pyrrole nitrogens is 1. The Balaban J connectivity index is 2.24. The van der Waals surface area contributed by atoms with Crippen molar-refractivity contribution < 1.29 is 4.74 Å². The number of nitrogens with one attached hydrogen (secondary N) is 1. The Hall–Kier alpha value is -0.300. The van der Waals surface area contributed by atoms with E-state index in [2.05, 4.69) is 44.6 Å². The second-order valence-corrected chi connectivity index (χ2v) is 5.99. The second-order valence-electron chi connectivity index (χ2n) is 4.81. The van der Waals surface area contributed by atoms with Crippen LogP contribution in [0.2, 0.25) is 0 Å². The first kappa shape index (κ1) is 14.1. The molecule has 1 N–H and O–H groups in total. The highest BCUT2D eigenvalue weighted by atomic mass is 79.9. The third-order valence-corrected chi connectivity index (χ3v) is 4.72. The minimum Gasteiger partial charge on any atom is -0.368 e. The van der Waals surface area contributed by atoms with E-state index in [0.717, 1.165) is 35.7 Å². The highest BCUT2D eigenvalue weighted by Crippen LogP contribution is 2.23. The van der Waals surface area contributed by atoms with E-state index in [1.807, 2.05) is 6.92 Å². The lowest BCUT2D eigenvalue weighted by molar-refractivity contribution is -0.0444. The van der Waals surface area contributed by atoms with Crippen molar-refractivity contribution in [3.8, 4) is 0 Å². The van der Waals surface area contributed by atoms with Gasteiger partial charge in [-0.1, -0.05) is 12.2 Å². The van der Waals surface area contributed by atoms with Crippen LogP contribution in [0.5, 0.6) is 0 Å². The molecule has 1 unspecified atom stereocenters. The van der Waals surface area contributed by atoms with Crippen molar-refractivity contribution in [2.75, 3.05) is 19.7 Å². The molecule has 2 rings (SSSR count). The van der Waals surface area contributed by atoms with Gasteiger partial charge in [-0.05, 0) is 36.7 Å². The van der Waals surface area contributed by atoms with Crippen molar-refractivity contribution in [3.05, 3.63) is 20.6 Å². The van der Waals surface area contributed by atoms with E-state index in [4.69, 9.17) is 17.0 Å². The SMILES string of the molecule is Cc1[nH]c(C2CN(C(C)C)CCO2)nc(=S)c1Br. The first-order valence-corrected chi connectivity index (χ1v) is 7.31. The monoisotopic (exact) mass is 331 g/mol. The Bertz CT molecular complexity index is 489. The summed E-state index contributed by atoms with van der Waals surface area (Å²) in [7, 11) is 0. The van der Waals surface area contributed by atoms with E-state index in [0.29, 0.717) is 10.7 Å². The predicted molar refractivity (Wildman–Crippen MR) is 77.3 cm³/mol. The van der Waals surface area contributed by atoms with Gasteiger partial charge in [-0.3, -0.25) is 4.90 Å². The maximum atomic E-state index is 5.80. The van der Waals surface area contributed by atoms with Gasteiger partial charge in [0.15, 0.2) is 0 Å². The molecule has 1 saturated heterocycles. The summed E-state index contributed by atoms with van der Waals surface area (Å²) in [4.78, 5) is 10.1. The Morgan fingerprint density at radius 3 is 2.89 bits per heavy atom. The smallest absolute Gasteiger partial charge is 0.144 e. The fourth-order valence-electron chi connectivity index (χ4n) is 2.05. The van der Waals surface area contributed by atoms with Crippen LogP contribution < -0.4 is 0 Å². The normalized spacial score (nSPS) is 21.5. The molecule has 18 heavy (non-hydrogen) atoms. The Kier molecular flexibility index (Phi) is 4.53. The molecule has 100 valence electrons. The molecule has 1 atom stereocenters. The highest BCUT2D eigenvalue weighted by molar-refractivity contribution is 9.10. The average Bonchev–Trinajstić information content (AvgIpc) is 2.35. The molecule has 0 amide bonds. The molecule has 1 aromatic rings. The number of halogens is 1. The number of ether oxygens (including phenoxy) is 1. The van der Waals surface area contributed by atoms with Crippen LogP contribution in [0.15, 0.2) is 4.47 Å². The van der Waals surface area contributed by atoms with E-state index in [-0.39, 0.29) is 6.10 Å². The molecule has 1 aliphatic rings. The molecule has 0 radical (unpaired) electrons. The van der Waals surface area contributed by atoms with Crippen LogP contribution in [0.3, 0.4) is 0 Å². The molecule has 1 aliphatic heterocycles. The summed E-state index contributed by atoms with van der Waals surface area (Å²) < 4.78 is 7.25. The first-order valence-electron chi connectivity index (χ1n) is 6.11. The van der Waals surface area contributed by atoms with Gasteiger partial charge in [-0.15, -0.1) is 0 Å². The number of rotatable bonds is 2. The standard InChI is InChI=1S/C12H18BrN3OS/c1-7(2)16-4-5-17-9(6-16)11-14-8(3)10(13)12(18)15-11/h7,9H,4-6H2,1-3H3,(H,14,15,18). The van der Waals surface area contributed by atoms with E-state index in [1.54, 1.807) is 0 Å². The minimum atomic E-state index is -0.0188. The quantitative estimate of drug-likeness (QED) is 0.846. The summed E-state index contributed by atoms with van der Waals surface area (Å²) in [5.41, 5.74) is 0.996. The van der Waals surface area contributed by atoms with Crippen molar-refractivity contribution in [1.29, 1.82) is 0 Å². The number of aryl methyl sites for hydroxylation is 1. The lowest BCUT2D eigenvalue weighted by Gasteiger charge is -2.35. The Labute approximate surface area is 121 Å². The van der Waals surface area contributed by atoms with Gasteiger partial charge < -0.3 is 9.72 Å². The number of hydrogen-bond donors (Lipinski definition) is 1. The third-order valence-electron chi connectivity index (χ3n) is 3.19. The van der Waals surface area contributed by atoms with Gasteiger partial charge in [0.1, 0.15) is 16.6 Å². The van der Waals surface area contributed by atoms with Crippen molar-refractivity contribution in [3.63, 3.8) is 0 Å². The van der Waals surface area contributed by atoms with Gasteiger partial charge in [0, 0.05) is 24.8 Å². The number of nitrogens with zero attached hydrogens (tertiary/aromatic N) is 2. The van der Waals surface area contributed by atoms with Gasteiger partial charge in [0.25, 0.3) is 0 Å². The van der Waals surface area contributed by atoms with Gasteiger partial charge in [-0.25, -0.2) is 4.98 Å². The molecule has 0 spiro atoms. The van der Waals surface area contributed by atoms with E-state index >= 15 is 0 Å². The molecule has 2 heterocycles. The molecule has 1 aromatic heterocycles. The molecular weight excluding hydrogens is 314 g/mol. The van der Waals surface area contributed by atoms with Crippen LogP contribution in [0, 0.1) is 11.6 Å². The van der Waals surface area contributed by atoms with Crippen LogP contribution in [-0.4, -0.2) is 40.6 Å². The summed E-state index contributed by atoms with van der Waals surface area (Å²) in [5, 5.41) is 0. The zero-order valence-electron chi connectivity index (χ0n) is 10.9. The topological polar surface area (TPSA) is 41.2 Å². The largest absolute Gasteiger partial charge is 0.368 e. The molecule has 0 bridgehead atoms. The molecule has 4 nitrogen and oxygen atoms in total. The van der Waals surface area contributed by atoms with E-state index < -0.39 is 0 Å². The third kappa shape index (κ3) is 2.99. The highest BCUT2D eigenvalue weighted by Gasteiger charge is 2.25. The Morgan fingerprint density at radius 2 is 2.28 bits per heavy atom. The van der Waals surface area contributed by atoms with Crippen molar-refractivity contribution in [2.24, 2.45) is 0 Å². The Morgan fingerprint density at radius 1 is 1.56 bits per heavy atom. The van der Waals surface area contributed by atoms with Crippen LogP contribution in [0.4, 0.5) is 0 Å². The molecule has 0 aromatic carbocycles. The maximum absolute atomic E-state index is 5.80. The van der Waals surface area contributed by atoms with Crippen LogP contribution in [0.25, 0.3) is 0 Å². The molecule has 0 aliphatic carbocycles. The number of aromatic nitrogens is 2. The number of hydrogen-bond acceptors (Lipinski definition) is 4. The van der Waals surface area contributed by atoms with Crippen LogP contribution in [0.1, 0.15) is 31.5 Å². The maximum Gasteiger partial charge on any atom is 0.144 e. The minimum absolute atomic E-state index is 0.0188. The van der Waals surface area contributed by atoms with E-state index in [1.165, 1.54) is 0 Å². The van der Waals surface area contributed by atoms with Gasteiger partial charge in [-0.2, -0.15) is 0 Å². The molecule has 6 heteroatoms. The average molecular weight is 332 g/mol. The van der Waals surface area contributed by atoms with Crippen molar-refractivity contribution >= 4 is 28.1 Å². The van der Waals surface area contributed by atoms with Gasteiger partial charge >= 0.3 is 0 Å². The summed E-state index contributed by atoms with van der Waals surface area (Å²) >= 11 is 8.65. The van der Waals surface area contributed by atoms with Crippen LogP contribution >= 0.6 is 28.1 Å². The lowest BCUT2D eigenvalue weighted by atomic mass is 10.2. The fourth-order valence-corrected chi connectivity index (χ4v) is 2.49. The van der Waals surface area contributed by atoms with Crippen LogP contribution in [-0.2, 0) is 4.74 Å². The first-order chi connectivity index (χ1) is 8.49. The summed E-state index contributed by atoms with van der Waals surface area (Å²) in [6.07, 6.45) is -0.0188. The molecular formula is C12H18BrN3OS. The summed E-state index contributed by atoms with van der Waals surface area (Å²) in [6, 6.07) is 0.524. The zero-order valence-corrected chi connectivity index (χ0v) is 13.3. The van der Waals surface area contributed by atoms with Gasteiger partial charge in [0.2, 0.25) is 0 Å². The summed E-state index contributed by atoms with van der Waals surface area (Å²) in [5.74, 6) is 0.825.